The minimum absolute atomic E-state index is 0.0803. The number of aliphatic hydroxyl groups is 1. The van der Waals surface area contributed by atoms with Gasteiger partial charge in [0.05, 0.1) is 6.61 Å². The first-order valence-electron chi connectivity index (χ1n) is 17.7. The Morgan fingerprint density at radius 3 is 1.92 bits per heavy atom. The molecule has 0 radical (unpaired) electrons. The molecule has 14 nitrogen and oxygen atoms in total. The normalized spacial score (nSPS) is 19.4. The van der Waals surface area contributed by atoms with Crippen molar-refractivity contribution in [1.29, 1.82) is 0 Å². The second-order valence-electron chi connectivity index (χ2n) is 12.5. The van der Waals surface area contributed by atoms with Crippen molar-refractivity contribution >= 4 is 20.1 Å². The number of H-pyrrole nitrogens is 1. The number of nitrogens with zero attached hydrogens (tertiary/aromatic N) is 1. The largest absolute Gasteiger partial charge is 0.695 e. The number of unbranched alkanes of at least 4 members (excludes halogenated alkanes) is 16. The van der Waals surface area contributed by atoms with E-state index in [1.165, 1.54) is 57.6 Å². The highest BCUT2D eigenvalue weighted by molar-refractivity contribution is 7.32. The van der Waals surface area contributed by atoms with Crippen LogP contribution in [0.4, 0.5) is 0 Å². The summed E-state index contributed by atoms with van der Waals surface area (Å²) >= 11 is 0. The molecule has 2 unspecified atom stereocenters. The van der Waals surface area contributed by atoms with Crippen LogP contribution in [0.25, 0.3) is 0 Å². The number of aliphatic hydroxyl groups excluding tert-OH is 1. The van der Waals surface area contributed by atoms with Crippen LogP contribution < -0.4 is 16.6 Å². The number of rotatable bonds is 29. The van der Waals surface area contributed by atoms with Crippen molar-refractivity contribution in [1.82, 2.24) is 14.9 Å². The van der Waals surface area contributed by atoms with Gasteiger partial charge in [0, 0.05) is 42.8 Å². The molecular formula is C33H57N3O11P+. The SMILES string of the molecule is O=C(O)CCCCCCCCCCCCCCCCC(=O)NCCCCCCO[C@H]1C(O[P+](=O)O)[C@@H](CO)O[C@H]1n1ccc(=O)[nH]c1=O. The summed E-state index contributed by atoms with van der Waals surface area (Å²) in [7, 11) is -3.03. The van der Waals surface area contributed by atoms with Gasteiger partial charge in [0.2, 0.25) is 5.91 Å². The van der Waals surface area contributed by atoms with E-state index in [4.69, 9.17) is 19.1 Å². The van der Waals surface area contributed by atoms with Gasteiger partial charge in [-0.3, -0.25) is 23.9 Å². The first-order chi connectivity index (χ1) is 23.2. The molecule has 1 fully saturated rings. The van der Waals surface area contributed by atoms with E-state index in [1.54, 1.807) is 0 Å². The van der Waals surface area contributed by atoms with Gasteiger partial charge in [0.1, 0.15) is 12.2 Å². The van der Waals surface area contributed by atoms with Gasteiger partial charge in [-0.1, -0.05) is 89.9 Å². The minimum atomic E-state index is -3.03. The molecule has 0 bridgehead atoms. The number of carbonyl (C=O) groups is 2. The van der Waals surface area contributed by atoms with E-state index in [0.717, 1.165) is 68.4 Å². The van der Waals surface area contributed by atoms with Gasteiger partial charge >= 0.3 is 19.9 Å². The predicted molar refractivity (Wildman–Crippen MR) is 180 cm³/mol. The van der Waals surface area contributed by atoms with Crippen LogP contribution in [-0.4, -0.2) is 74.6 Å². The molecule has 0 aromatic carbocycles. The number of carbonyl (C=O) groups excluding carboxylic acids is 1. The van der Waals surface area contributed by atoms with Crippen molar-refractivity contribution in [2.75, 3.05) is 19.8 Å². The molecule has 0 saturated carbocycles. The van der Waals surface area contributed by atoms with Crippen LogP contribution in [0.15, 0.2) is 21.9 Å². The lowest BCUT2D eigenvalue weighted by molar-refractivity contribution is -0.137. The molecular weight excluding hydrogens is 645 g/mol. The minimum Gasteiger partial charge on any atom is -0.481 e. The highest BCUT2D eigenvalue weighted by Crippen LogP contribution is 2.37. The van der Waals surface area contributed by atoms with Crippen LogP contribution in [0.5, 0.6) is 0 Å². The monoisotopic (exact) mass is 702 g/mol. The van der Waals surface area contributed by atoms with Crippen LogP contribution in [-0.2, 0) is 28.2 Å². The molecule has 1 aliphatic rings. The second kappa shape index (κ2) is 25.5. The van der Waals surface area contributed by atoms with Gasteiger partial charge in [0.15, 0.2) is 12.3 Å². The van der Waals surface area contributed by atoms with Crippen LogP contribution in [0.2, 0.25) is 0 Å². The maximum atomic E-state index is 12.3. The number of carboxylic acids is 1. The standard InChI is InChI=1S/C33H56N3O11P/c37-25-26-30(47-48(43)44)31(32(46-26)36-23-21-28(39)35-33(36)42)45-24-18-14-13-17-22-34-27(38)19-15-11-9-7-5-3-1-2-4-6-8-10-12-16-20-29(40)41/h21,23,26,30-32,37H,1-20,22,24-25H2,(H3-,34,35,38,39,40,41,42,43,44)/p+1/t26-,30?,31+,32-/m1/s1. The van der Waals surface area contributed by atoms with Crippen molar-refractivity contribution in [2.45, 2.75) is 153 Å². The molecule has 1 amide bonds. The molecule has 0 spiro atoms. The number of aromatic amines is 1. The van der Waals surface area contributed by atoms with E-state index in [0.29, 0.717) is 19.4 Å². The number of hydrogen-bond donors (Lipinski definition) is 5. The van der Waals surface area contributed by atoms with E-state index in [1.807, 2.05) is 0 Å². The van der Waals surface area contributed by atoms with Crippen LogP contribution in [0.1, 0.15) is 135 Å². The van der Waals surface area contributed by atoms with Crippen molar-refractivity contribution in [3.05, 3.63) is 33.1 Å². The summed E-state index contributed by atoms with van der Waals surface area (Å²) in [6.07, 6.45) is 17.1. The molecule has 274 valence electrons. The smallest absolute Gasteiger partial charge is 0.481 e. The fourth-order valence-electron chi connectivity index (χ4n) is 5.91. The van der Waals surface area contributed by atoms with Crippen molar-refractivity contribution in [3.8, 4) is 0 Å². The molecule has 2 rings (SSSR count). The molecule has 0 aliphatic carbocycles. The Morgan fingerprint density at radius 2 is 1.38 bits per heavy atom. The second-order valence-corrected chi connectivity index (χ2v) is 13.2. The highest BCUT2D eigenvalue weighted by atomic mass is 31.1. The Balaban J connectivity index is 1.47. The van der Waals surface area contributed by atoms with Gasteiger partial charge in [-0.15, -0.1) is 9.42 Å². The maximum absolute atomic E-state index is 12.3. The zero-order chi connectivity index (χ0) is 35.0. The van der Waals surface area contributed by atoms with Gasteiger partial charge in [-0.2, -0.15) is 0 Å². The third-order valence-electron chi connectivity index (χ3n) is 8.55. The highest BCUT2D eigenvalue weighted by Gasteiger charge is 2.51. The topological polar surface area (TPSA) is 206 Å². The number of ether oxygens (including phenoxy) is 2. The number of aromatic nitrogens is 2. The number of amides is 1. The van der Waals surface area contributed by atoms with E-state index in [2.05, 4.69) is 10.3 Å². The van der Waals surface area contributed by atoms with E-state index in [9.17, 15) is 33.7 Å². The Hall–Kier alpha value is -2.48. The Labute approximate surface area is 283 Å². The first kappa shape index (κ1) is 41.7. The summed E-state index contributed by atoms with van der Waals surface area (Å²) in [5.74, 6) is -0.618. The average molecular weight is 703 g/mol. The molecule has 15 heteroatoms. The van der Waals surface area contributed by atoms with E-state index in [-0.39, 0.29) is 18.9 Å². The van der Waals surface area contributed by atoms with Crippen LogP contribution >= 0.6 is 8.25 Å². The Morgan fingerprint density at radius 1 is 0.833 bits per heavy atom. The van der Waals surface area contributed by atoms with Crippen molar-refractivity contribution < 1.29 is 43.3 Å². The third kappa shape index (κ3) is 17.8. The number of hydrogen-bond acceptors (Lipinski definition) is 9. The predicted octanol–water partition coefficient (Wildman–Crippen LogP) is 4.85. The lowest BCUT2D eigenvalue weighted by Crippen LogP contribution is -2.40. The maximum Gasteiger partial charge on any atom is 0.695 e. The first-order valence-corrected chi connectivity index (χ1v) is 18.9. The third-order valence-corrected chi connectivity index (χ3v) is 8.97. The molecule has 1 saturated heterocycles. The van der Waals surface area contributed by atoms with Crippen molar-refractivity contribution in [3.63, 3.8) is 0 Å². The van der Waals surface area contributed by atoms with E-state index < -0.39 is 56.6 Å². The van der Waals surface area contributed by atoms with Crippen LogP contribution in [0.3, 0.4) is 0 Å². The van der Waals surface area contributed by atoms with Gasteiger partial charge in [-0.25, -0.2) is 4.79 Å². The summed E-state index contributed by atoms with van der Waals surface area (Å²) in [4.78, 5) is 57.9. The van der Waals surface area contributed by atoms with Gasteiger partial charge in [0.25, 0.3) is 5.56 Å². The summed E-state index contributed by atoms with van der Waals surface area (Å²) in [5.41, 5.74) is -1.34. The zero-order valence-corrected chi connectivity index (χ0v) is 29.1. The fraction of sp³-hybridized carbons (Fsp3) is 0.818. The lowest BCUT2D eigenvalue weighted by Gasteiger charge is -2.22. The number of nitrogens with one attached hydrogen (secondary N) is 2. The fourth-order valence-corrected chi connectivity index (χ4v) is 6.38. The van der Waals surface area contributed by atoms with Gasteiger partial charge in [-0.05, 0) is 25.7 Å². The van der Waals surface area contributed by atoms with E-state index >= 15 is 0 Å². The molecule has 5 N–H and O–H groups in total. The summed E-state index contributed by atoms with van der Waals surface area (Å²) in [5, 5.41) is 21.3. The average Bonchev–Trinajstić information content (AvgIpc) is 3.37. The zero-order valence-electron chi connectivity index (χ0n) is 28.2. The quantitative estimate of drug-likeness (QED) is 0.0563. The molecule has 48 heavy (non-hydrogen) atoms. The summed E-state index contributed by atoms with van der Waals surface area (Å²) in [6, 6.07) is 1.14. The van der Waals surface area contributed by atoms with Crippen molar-refractivity contribution in [2.24, 2.45) is 0 Å². The molecule has 1 aliphatic heterocycles. The molecule has 1 aromatic rings. The number of carboxylic acid groups (broad SMARTS) is 1. The molecule has 5 atom stereocenters. The molecule has 2 heterocycles. The molecule has 1 aromatic heterocycles. The van der Waals surface area contributed by atoms with Crippen LogP contribution in [0, 0.1) is 0 Å². The Bertz CT molecular complexity index is 1180. The summed E-state index contributed by atoms with van der Waals surface area (Å²) < 4.78 is 29.2. The summed E-state index contributed by atoms with van der Waals surface area (Å²) in [6.45, 7) is 0.321. The Kier molecular flexibility index (Phi) is 22.1. The van der Waals surface area contributed by atoms with Gasteiger partial charge < -0.3 is 25.0 Å². The number of aliphatic carboxylic acids is 1. The lowest BCUT2D eigenvalue weighted by atomic mass is 10.0.